The predicted molar refractivity (Wildman–Crippen MR) is 129 cm³/mol. The Kier molecular flexibility index (Phi) is 7.13. The molecule has 0 saturated carbocycles. The van der Waals surface area contributed by atoms with Crippen LogP contribution in [0.15, 0.2) is 52.0 Å². The second-order valence-corrected chi connectivity index (χ2v) is 8.05. The van der Waals surface area contributed by atoms with E-state index in [0.717, 1.165) is 15.7 Å². The van der Waals surface area contributed by atoms with E-state index in [4.69, 9.17) is 9.47 Å². The molecule has 2 N–H and O–H groups in total. The molecule has 0 unspecified atom stereocenters. The molecule has 1 aliphatic rings. The molecule has 1 aromatic heterocycles. The van der Waals surface area contributed by atoms with E-state index in [2.05, 4.69) is 51.6 Å². The molecule has 0 spiro atoms. The van der Waals surface area contributed by atoms with Gasteiger partial charge in [0.2, 0.25) is 17.8 Å². The first-order chi connectivity index (χ1) is 15.6. The summed E-state index contributed by atoms with van der Waals surface area (Å²) in [4.78, 5) is 15.7. The second-order valence-electron chi connectivity index (χ2n) is 7.13. The van der Waals surface area contributed by atoms with E-state index in [9.17, 15) is 0 Å². The van der Waals surface area contributed by atoms with Crippen LogP contribution in [0.25, 0.3) is 0 Å². The Balaban J connectivity index is 1.58. The highest BCUT2D eigenvalue weighted by Gasteiger charge is 2.16. The van der Waals surface area contributed by atoms with E-state index in [0.29, 0.717) is 49.9 Å². The van der Waals surface area contributed by atoms with Gasteiger partial charge in [0.25, 0.3) is 0 Å². The lowest BCUT2D eigenvalue weighted by Crippen LogP contribution is -2.37. The van der Waals surface area contributed by atoms with Crippen molar-refractivity contribution in [1.29, 1.82) is 0 Å². The Morgan fingerprint density at radius 3 is 2.56 bits per heavy atom. The highest BCUT2D eigenvalue weighted by Crippen LogP contribution is 2.22. The Morgan fingerprint density at radius 1 is 1.06 bits per heavy atom. The van der Waals surface area contributed by atoms with Crippen LogP contribution in [0.3, 0.4) is 0 Å². The SMILES string of the molecule is COc1ccc(Br)cc1/C=N\Nc1nc(Nc2ccc(C)cc2)nc(N2CCOCC2)n1. The standard InChI is InChI=1S/C22H24BrN7O2/c1-15-3-6-18(7-4-15)25-20-26-21(28-22(27-20)30-9-11-32-12-10-30)29-24-14-16-13-17(23)5-8-19(16)31-2/h3-8,13-14H,9-12H2,1-2H3,(H2,25,26,27,28,29)/b24-14-. The molecule has 166 valence electrons. The van der Waals surface area contributed by atoms with Crippen molar-refractivity contribution in [2.24, 2.45) is 5.10 Å². The molecule has 0 aliphatic carbocycles. The van der Waals surface area contributed by atoms with Crippen LogP contribution < -0.4 is 20.4 Å². The fourth-order valence-electron chi connectivity index (χ4n) is 3.11. The highest BCUT2D eigenvalue weighted by molar-refractivity contribution is 9.10. The summed E-state index contributed by atoms with van der Waals surface area (Å²) in [5, 5.41) is 7.55. The van der Waals surface area contributed by atoms with Gasteiger partial charge in [-0.3, -0.25) is 0 Å². The minimum absolute atomic E-state index is 0.335. The van der Waals surface area contributed by atoms with Gasteiger partial charge in [-0.05, 0) is 37.3 Å². The molecule has 1 saturated heterocycles. The van der Waals surface area contributed by atoms with Crippen molar-refractivity contribution in [3.05, 3.63) is 58.1 Å². The van der Waals surface area contributed by atoms with Crippen molar-refractivity contribution in [2.45, 2.75) is 6.92 Å². The lowest BCUT2D eigenvalue weighted by atomic mass is 10.2. The van der Waals surface area contributed by atoms with Gasteiger partial charge in [-0.1, -0.05) is 33.6 Å². The van der Waals surface area contributed by atoms with Gasteiger partial charge in [0.15, 0.2) is 0 Å². The van der Waals surface area contributed by atoms with Crippen molar-refractivity contribution >= 4 is 45.7 Å². The van der Waals surface area contributed by atoms with Crippen LogP contribution in [0.4, 0.5) is 23.5 Å². The Morgan fingerprint density at radius 2 is 1.81 bits per heavy atom. The third kappa shape index (κ3) is 5.71. The number of hydrogen-bond donors (Lipinski definition) is 2. The van der Waals surface area contributed by atoms with Crippen molar-refractivity contribution in [2.75, 3.05) is 49.1 Å². The first-order valence-electron chi connectivity index (χ1n) is 10.2. The number of nitrogens with zero attached hydrogens (tertiary/aromatic N) is 5. The molecular formula is C22H24BrN7O2. The number of rotatable bonds is 7. The zero-order valence-corrected chi connectivity index (χ0v) is 19.5. The van der Waals surface area contributed by atoms with Gasteiger partial charge in [0.1, 0.15) is 5.75 Å². The van der Waals surface area contributed by atoms with Gasteiger partial charge in [-0.25, -0.2) is 5.43 Å². The number of hydrazone groups is 1. The summed E-state index contributed by atoms with van der Waals surface area (Å²) < 4.78 is 11.8. The van der Waals surface area contributed by atoms with E-state index >= 15 is 0 Å². The van der Waals surface area contributed by atoms with Gasteiger partial charge in [0.05, 0.1) is 26.5 Å². The summed E-state index contributed by atoms with van der Waals surface area (Å²) in [6, 6.07) is 13.7. The maximum absolute atomic E-state index is 5.45. The van der Waals surface area contributed by atoms with Gasteiger partial charge >= 0.3 is 0 Å². The van der Waals surface area contributed by atoms with E-state index < -0.39 is 0 Å². The number of methoxy groups -OCH3 is 1. The van der Waals surface area contributed by atoms with E-state index in [1.807, 2.05) is 49.4 Å². The molecule has 4 rings (SSSR count). The monoisotopic (exact) mass is 497 g/mol. The van der Waals surface area contributed by atoms with Crippen LogP contribution >= 0.6 is 15.9 Å². The predicted octanol–water partition coefficient (Wildman–Crippen LogP) is 3.98. The van der Waals surface area contributed by atoms with Crippen molar-refractivity contribution in [3.63, 3.8) is 0 Å². The summed E-state index contributed by atoms with van der Waals surface area (Å²) >= 11 is 3.47. The summed E-state index contributed by atoms with van der Waals surface area (Å²) in [5.74, 6) is 2.05. The summed E-state index contributed by atoms with van der Waals surface area (Å²) in [6.07, 6.45) is 1.66. The minimum Gasteiger partial charge on any atom is -0.496 e. The number of halogens is 1. The Bertz CT molecular complexity index is 1090. The number of morpholine rings is 1. The average molecular weight is 498 g/mol. The average Bonchev–Trinajstić information content (AvgIpc) is 2.81. The third-order valence-electron chi connectivity index (χ3n) is 4.79. The molecule has 1 fully saturated rings. The molecule has 0 bridgehead atoms. The molecule has 2 heterocycles. The summed E-state index contributed by atoms with van der Waals surface area (Å²) in [7, 11) is 1.62. The van der Waals surface area contributed by atoms with Crippen molar-refractivity contribution in [1.82, 2.24) is 15.0 Å². The summed E-state index contributed by atoms with van der Waals surface area (Å²) in [6.45, 7) is 4.74. The van der Waals surface area contributed by atoms with Crippen LogP contribution in [-0.2, 0) is 4.74 Å². The van der Waals surface area contributed by atoms with Crippen LogP contribution in [-0.4, -0.2) is 54.6 Å². The second kappa shape index (κ2) is 10.4. The van der Waals surface area contributed by atoms with Gasteiger partial charge < -0.3 is 19.7 Å². The van der Waals surface area contributed by atoms with E-state index in [1.54, 1.807) is 13.3 Å². The molecule has 9 nitrogen and oxygen atoms in total. The Hall–Kier alpha value is -3.24. The quantitative estimate of drug-likeness (QED) is 0.373. The molecule has 0 atom stereocenters. The van der Waals surface area contributed by atoms with Crippen LogP contribution in [0.5, 0.6) is 5.75 Å². The minimum atomic E-state index is 0.335. The Labute approximate surface area is 195 Å². The highest BCUT2D eigenvalue weighted by atomic mass is 79.9. The van der Waals surface area contributed by atoms with Gasteiger partial charge in [-0.15, -0.1) is 0 Å². The molecule has 32 heavy (non-hydrogen) atoms. The van der Waals surface area contributed by atoms with Crippen LogP contribution in [0.2, 0.25) is 0 Å². The smallest absolute Gasteiger partial charge is 0.250 e. The van der Waals surface area contributed by atoms with Gasteiger partial charge in [0, 0.05) is 28.8 Å². The number of aryl methyl sites for hydroxylation is 1. The van der Waals surface area contributed by atoms with Gasteiger partial charge in [-0.2, -0.15) is 20.1 Å². The topological polar surface area (TPSA) is 96.8 Å². The number of ether oxygens (including phenoxy) is 2. The number of aromatic nitrogens is 3. The maximum Gasteiger partial charge on any atom is 0.250 e. The number of benzene rings is 2. The molecule has 2 aromatic carbocycles. The molecule has 0 radical (unpaired) electrons. The largest absolute Gasteiger partial charge is 0.496 e. The van der Waals surface area contributed by atoms with Crippen LogP contribution in [0, 0.1) is 6.92 Å². The summed E-state index contributed by atoms with van der Waals surface area (Å²) in [5.41, 5.74) is 5.80. The molecule has 0 amide bonds. The van der Waals surface area contributed by atoms with Crippen molar-refractivity contribution < 1.29 is 9.47 Å². The number of anilines is 4. The fourth-order valence-corrected chi connectivity index (χ4v) is 3.49. The first-order valence-corrected chi connectivity index (χ1v) is 10.9. The zero-order chi connectivity index (χ0) is 22.3. The molecule has 10 heteroatoms. The first kappa shape index (κ1) is 22.0. The normalized spacial score (nSPS) is 13.9. The lowest BCUT2D eigenvalue weighted by Gasteiger charge is -2.27. The maximum atomic E-state index is 5.45. The molecule has 3 aromatic rings. The molecule has 1 aliphatic heterocycles. The zero-order valence-electron chi connectivity index (χ0n) is 17.9. The lowest BCUT2D eigenvalue weighted by molar-refractivity contribution is 0.122. The van der Waals surface area contributed by atoms with Crippen LogP contribution in [0.1, 0.15) is 11.1 Å². The molecular weight excluding hydrogens is 474 g/mol. The van der Waals surface area contributed by atoms with E-state index in [-0.39, 0.29) is 0 Å². The fraction of sp³-hybridized carbons (Fsp3) is 0.273. The third-order valence-corrected chi connectivity index (χ3v) is 5.28. The number of nitrogens with one attached hydrogen (secondary N) is 2. The van der Waals surface area contributed by atoms with E-state index in [1.165, 1.54) is 5.56 Å². The number of hydrogen-bond acceptors (Lipinski definition) is 9. The van der Waals surface area contributed by atoms with Crippen molar-refractivity contribution in [3.8, 4) is 5.75 Å².